The number of carbonyl (C=O) groups is 1. The van der Waals surface area contributed by atoms with Crippen LogP contribution < -0.4 is 5.32 Å². The van der Waals surface area contributed by atoms with Gasteiger partial charge >= 0.3 is 0 Å². The summed E-state index contributed by atoms with van der Waals surface area (Å²) in [7, 11) is 0. The topological polar surface area (TPSA) is 93.1 Å². The Labute approximate surface area is 157 Å². The van der Waals surface area contributed by atoms with Crippen LogP contribution in [0.2, 0.25) is 0 Å². The molecule has 134 valence electrons. The zero-order valence-corrected chi connectivity index (χ0v) is 14.9. The zero-order valence-electron chi connectivity index (χ0n) is 16.1. The van der Waals surface area contributed by atoms with Crippen molar-refractivity contribution >= 4 is 34.0 Å². The number of amides is 1. The molecule has 4 rings (SSSR count). The highest BCUT2D eigenvalue weighted by Gasteiger charge is 2.15. The van der Waals surface area contributed by atoms with Crippen molar-refractivity contribution in [1.82, 2.24) is 25.3 Å². The van der Waals surface area contributed by atoms with Crippen molar-refractivity contribution in [3.05, 3.63) is 29.3 Å². The number of hydrogen-bond donors (Lipinski definition) is 1. The summed E-state index contributed by atoms with van der Waals surface area (Å²) in [5, 5.41) is 21.3. The maximum atomic E-state index is 12.5. The number of hydrogen-bond acceptors (Lipinski definition) is 8. The minimum absolute atomic E-state index is 0.195. The fourth-order valence-electron chi connectivity index (χ4n) is 2.62. The first-order chi connectivity index (χ1) is 13.4. The third-order valence-electron chi connectivity index (χ3n) is 3.87. The largest absolute Gasteiger partial charge is 0.379 e. The van der Waals surface area contributed by atoms with E-state index in [1.807, 2.05) is 25.1 Å². The van der Waals surface area contributed by atoms with Crippen molar-refractivity contribution in [3.63, 3.8) is 0 Å². The van der Waals surface area contributed by atoms with E-state index in [2.05, 4.69) is 25.7 Å². The fraction of sp³-hybridized carbons (Fsp3) is 0.353. The van der Waals surface area contributed by atoms with Crippen LogP contribution >= 0.6 is 11.3 Å². The molecule has 9 heteroatoms. The lowest BCUT2D eigenvalue weighted by molar-refractivity contribution is -0.118. The molecule has 0 saturated carbocycles. The maximum absolute atomic E-state index is 12.5. The molecule has 1 N–H and O–H groups in total. The van der Waals surface area contributed by atoms with Crippen molar-refractivity contribution in [2.45, 2.75) is 6.92 Å². The van der Waals surface area contributed by atoms with E-state index in [1.54, 1.807) is 6.07 Å². The molecule has 0 spiro atoms. The molecule has 1 aliphatic heterocycles. The Morgan fingerprint density at radius 3 is 2.88 bits per heavy atom. The molecular formula is C17H18N6O2S. The van der Waals surface area contributed by atoms with E-state index < -0.39 is 12.4 Å². The number of aromatic nitrogens is 4. The first-order valence-corrected chi connectivity index (χ1v) is 8.97. The Balaban J connectivity index is 1.57. The van der Waals surface area contributed by atoms with Gasteiger partial charge < -0.3 is 10.1 Å². The molecule has 0 unspecified atom stereocenters. The first kappa shape index (κ1) is 14.7. The van der Waals surface area contributed by atoms with Crippen molar-refractivity contribution < 1.29 is 12.3 Å². The second kappa shape index (κ2) is 7.40. The smallest absolute Gasteiger partial charge is 0.239 e. The third kappa shape index (κ3) is 3.85. The molecule has 1 fully saturated rings. The van der Waals surface area contributed by atoms with Gasteiger partial charge in [-0.25, -0.2) is 0 Å². The Hall–Kier alpha value is -2.49. The minimum atomic E-state index is -2.16. The summed E-state index contributed by atoms with van der Waals surface area (Å²) in [6, 6.07) is 7.29. The molecular weight excluding hydrogens is 352 g/mol. The average Bonchev–Trinajstić information content (AvgIpc) is 3.14. The van der Waals surface area contributed by atoms with Crippen LogP contribution in [0, 0.1) is 6.92 Å². The van der Waals surface area contributed by atoms with Gasteiger partial charge in [0.2, 0.25) is 5.91 Å². The van der Waals surface area contributed by atoms with Gasteiger partial charge in [-0.1, -0.05) is 11.3 Å². The van der Waals surface area contributed by atoms with Gasteiger partial charge in [0.1, 0.15) is 10.0 Å². The Bertz CT molecular complexity index is 1020. The van der Waals surface area contributed by atoms with Gasteiger partial charge in [-0.05, 0) is 31.2 Å². The SMILES string of the molecule is [2H]C([2H])(C(=O)Nc1cc2cc(-c3nnc(C)s3)ccc2nn1)N1CCOCC1. The van der Waals surface area contributed by atoms with E-state index in [9.17, 15) is 4.79 Å². The number of benzene rings is 1. The zero-order chi connectivity index (χ0) is 19.7. The molecule has 3 aromatic rings. The van der Waals surface area contributed by atoms with Gasteiger partial charge in [-0.3, -0.25) is 9.69 Å². The second-order valence-corrected chi connectivity index (χ2v) is 6.98. The van der Waals surface area contributed by atoms with Gasteiger partial charge in [-0.2, -0.15) is 0 Å². The highest BCUT2D eigenvalue weighted by atomic mass is 32.1. The maximum Gasteiger partial charge on any atom is 0.239 e. The fourth-order valence-corrected chi connectivity index (χ4v) is 3.30. The predicted molar refractivity (Wildman–Crippen MR) is 99.1 cm³/mol. The summed E-state index contributed by atoms with van der Waals surface area (Å²) in [4.78, 5) is 14.0. The number of rotatable bonds is 4. The summed E-state index contributed by atoms with van der Waals surface area (Å²) >= 11 is 1.49. The molecule has 3 heterocycles. The highest BCUT2D eigenvalue weighted by Crippen LogP contribution is 2.26. The van der Waals surface area contributed by atoms with Crippen LogP contribution in [0.5, 0.6) is 0 Å². The first-order valence-electron chi connectivity index (χ1n) is 9.16. The Kier molecular flexibility index (Phi) is 4.17. The number of aryl methyl sites for hydroxylation is 1. The number of morpholine rings is 1. The molecule has 0 atom stereocenters. The quantitative estimate of drug-likeness (QED) is 0.745. The van der Waals surface area contributed by atoms with Gasteiger partial charge in [0.25, 0.3) is 0 Å². The van der Waals surface area contributed by atoms with Gasteiger partial charge in [0, 0.05) is 24.0 Å². The third-order valence-corrected chi connectivity index (χ3v) is 4.76. The molecule has 1 aromatic carbocycles. The van der Waals surface area contributed by atoms with E-state index in [-0.39, 0.29) is 5.82 Å². The summed E-state index contributed by atoms with van der Waals surface area (Å²) in [5.74, 6) is -0.584. The molecule has 1 amide bonds. The normalized spacial score (nSPS) is 17.0. The number of ether oxygens (including phenoxy) is 1. The van der Waals surface area contributed by atoms with Crippen LogP contribution in [0.25, 0.3) is 21.5 Å². The van der Waals surface area contributed by atoms with Crippen molar-refractivity contribution in [1.29, 1.82) is 0 Å². The van der Waals surface area contributed by atoms with Crippen LogP contribution in [0.3, 0.4) is 0 Å². The molecule has 26 heavy (non-hydrogen) atoms. The predicted octanol–water partition coefficient (Wildman–Crippen LogP) is 1.73. The lowest BCUT2D eigenvalue weighted by Gasteiger charge is -2.25. The molecule has 1 saturated heterocycles. The van der Waals surface area contributed by atoms with E-state index in [0.29, 0.717) is 31.8 Å². The summed E-state index contributed by atoms with van der Waals surface area (Å²) < 4.78 is 21.5. The molecule has 0 aliphatic carbocycles. The number of nitrogens with zero attached hydrogens (tertiary/aromatic N) is 5. The van der Waals surface area contributed by atoms with E-state index in [0.717, 1.165) is 21.0 Å². The molecule has 2 aromatic heterocycles. The van der Waals surface area contributed by atoms with Crippen molar-refractivity contribution in [2.24, 2.45) is 0 Å². The lowest BCUT2D eigenvalue weighted by atomic mass is 10.1. The lowest BCUT2D eigenvalue weighted by Crippen LogP contribution is -2.41. The van der Waals surface area contributed by atoms with Crippen molar-refractivity contribution in [2.75, 3.05) is 38.1 Å². The van der Waals surface area contributed by atoms with Crippen molar-refractivity contribution in [3.8, 4) is 10.6 Å². The van der Waals surface area contributed by atoms with E-state index in [1.165, 1.54) is 16.2 Å². The van der Waals surface area contributed by atoms with Crippen LogP contribution in [0.15, 0.2) is 24.3 Å². The van der Waals surface area contributed by atoms with Crippen LogP contribution in [-0.4, -0.2) is 64.0 Å². The van der Waals surface area contributed by atoms with E-state index >= 15 is 0 Å². The average molecular weight is 372 g/mol. The Morgan fingerprint density at radius 1 is 1.27 bits per heavy atom. The van der Waals surface area contributed by atoms with Crippen LogP contribution in [0.4, 0.5) is 5.82 Å². The number of carbonyl (C=O) groups excluding carboxylic acids is 1. The standard InChI is InChI=1S/C17H18N6O2S/c1-11-19-22-17(26-11)12-2-3-14-13(8-12)9-15(21-20-14)18-16(24)10-23-4-6-25-7-5-23/h2-3,8-9H,4-7,10H2,1H3,(H,18,21,24)/i10D2. The summed E-state index contributed by atoms with van der Waals surface area (Å²) in [5.41, 5.74) is 1.56. The number of fused-ring (bicyclic) bond motifs is 1. The highest BCUT2D eigenvalue weighted by molar-refractivity contribution is 7.14. The molecule has 0 radical (unpaired) electrons. The van der Waals surface area contributed by atoms with Crippen LogP contribution in [-0.2, 0) is 9.53 Å². The number of nitrogens with one attached hydrogen (secondary N) is 1. The van der Waals surface area contributed by atoms with Gasteiger partial charge in [0.05, 0.1) is 28.0 Å². The summed E-state index contributed by atoms with van der Waals surface area (Å²) in [6.45, 7) is 1.24. The molecule has 8 nitrogen and oxygen atoms in total. The van der Waals surface area contributed by atoms with Gasteiger partial charge in [-0.15, -0.1) is 20.4 Å². The van der Waals surface area contributed by atoms with E-state index in [4.69, 9.17) is 7.48 Å². The number of anilines is 1. The summed E-state index contributed by atoms with van der Waals surface area (Å²) in [6.07, 6.45) is 0. The molecule has 1 aliphatic rings. The minimum Gasteiger partial charge on any atom is -0.379 e. The van der Waals surface area contributed by atoms with Crippen LogP contribution in [0.1, 0.15) is 7.75 Å². The molecule has 0 bridgehead atoms. The Morgan fingerprint density at radius 2 is 2.12 bits per heavy atom. The second-order valence-electron chi connectivity index (χ2n) is 5.79. The monoisotopic (exact) mass is 372 g/mol. The van der Waals surface area contributed by atoms with Gasteiger partial charge in [0.15, 0.2) is 5.82 Å².